The molecule has 1 heterocycles. The van der Waals surface area contributed by atoms with E-state index in [9.17, 15) is 9.59 Å². The van der Waals surface area contributed by atoms with Crippen LogP contribution in [0.1, 0.15) is 22.8 Å². The Labute approximate surface area is 153 Å². The number of hydrogen-bond donors (Lipinski definition) is 0. The second-order valence-electron chi connectivity index (χ2n) is 6.02. The van der Waals surface area contributed by atoms with Crippen LogP contribution in [-0.4, -0.2) is 49.1 Å². The summed E-state index contributed by atoms with van der Waals surface area (Å²) < 4.78 is 9.94. The van der Waals surface area contributed by atoms with Crippen LogP contribution in [0.5, 0.6) is 5.75 Å². The largest absolute Gasteiger partial charge is 0.497 e. The van der Waals surface area contributed by atoms with E-state index in [1.807, 2.05) is 24.3 Å². The van der Waals surface area contributed by atoms with Gasteiger partial charge in [0.05, 0.1) is 25.7 Å². The van der Waals surface area contributed by atoms with Gasteiger partial charge >= 0.3 is 5.97 Å². The molecule has 1 amide bonds. The van der Waals surface area contributed by atoms with Gasteiger partial charge in [0.15, 0.2) is 0 Å². The van der Waals surface area contributed by atoms with Gasteiger partial charge < -0.3 is 14.4 Å². The number of amides is 1. The molecule has 0 aliphatic carbocycles. The van der Waals surface area contributed by atoms with Crippen LogP contribution >= 0.6 is 0 Å². The SMILES string of the molecule is COC(=O)C(C)CN(CCc1ccc(OC)cc1)C(=O)c1cccnc1. The summed E-state index contributed by atoms with van der Waals surface area (Å²) in [5.74, 6) is -0.103. The van der Waals surface area contributed by atoms with Gasteiger partial charge in [-0.3, -0.25) is 14.6 Å². The number of ether oxygens (including phenoxy) is 2. The van der Waals surface area contributed by atoms with Crippen LogP contribution in [0.2, 0.25) is 0 Å². The second kappa shape index (κ2) is 9.56. The molecule has 2 aromatic rings. The van der Waals surface area contributed by atoms with Gasteiger partial charge in [0.25, 0.3) is 5.91 Å². The smallest absolute Gasteiger partial charge is 0.310 e. The Morgan fingerprint density at radius 3 is 2.46 bits per heavy atom. The van der Waals surface area contributed by atoms with Crippen molar-refractivity contribution < 1.29 is 19.1 Å². The first-order valence-electron chi connectivity index (χ1n) is 8.45. The van der Waals surface area contributed by atoms with Crippen molar-refractivity contribution in [1.82, 2.24) is 9.88 Å². The van der Waals surface area contributed by atoms with Crippen LogP contribution in [0.25, 0.3) is 0 Å². The highest BCUT2D eigenvalue weighted by Gasteiger charge is 2.22. The molecule has 1 aromatic carbocycles. The summed E-state index contributed by atoms with van der Waals surface area (Å²) >= 11 is 0. The van der Waals surface area contributed by atoms with Gasteiger partial charge in [-0.1, -0.05) is 19.1 Å². The molecule has 0 radical (unpaired) electrons. The lowest BCUT2D eigenvalue weighted by atomic mass is 10.1. The minimum absolute atomic E-state index is 0.151. The molecule has 0 N–H and O–H groups in total. The molecule has 1 atom stereocenters. The Balaban J connectivity index is 2.11. The molecular formula is C20H24N2O4. The number of esters is 1. The predicted molar refractivity (Wildman–Crippen MR) is 98.0 cm³/mol. The molecule has 0 fully saturated rings. The molecule has 0 saturated heterocycles. The van der Waals surface area contributed by atoms with Crippen molar-refractivity contribution in [3.63, 3.8) is 0 Å². The van der Waals surface area contributed by atoms with Crippen molar-refractivity contribution in [2.45, 2.75) is 13.3 Å². The maximum Gasteiger partial charge on any atom is 0.310 e. The van der Waals surface area contributed by atoms with Gasteiger partial charge in [0, 0.05) is 25.5 Å². The molecule has 1 unspecified atom stereocenters. The van der Waals surface area contributed by atoms with E-state index in [1.54, 1.807) is 37.3 Å². The van der Waals surface area contributed by atoms with Crippen LogP contribution in [0.3, 0.4) is 0 Å². The Morgan fingerprint density at radius 1 is 1.15 bits per heavy atom. The molecule has 138 valence electrons. The van der Waals surface area contributed by atoms with E-state index >= 15 is 0 Å². The number of nitrogens with zero attached hydrogens (tertiary/aromatic N) is 2. The Kier molecular flexibility index (Phi) is 7.14. The zero-order valence-electron chi connectivity index (χ0n) is 15.3. The fourth-order valence-electron chi connectivity index (χ4n) is 2.61. The standard InChI is InChI=1S/C20H24N2O4/c1-15(20(24)26-3)14-22(19(23)17-5-4-11-21-13-17)12-10-16-6-8-18(25-2)9-7-16/h4-9,11,13,15H,10,12,14H2,1-3H3. The highest BCUT2D eigenvalue weighted by molar-refractivity contribution is 5.94. The summed E-state index contributed by atoms with van der Waals surface area (Å²) in [4.78, 5) is 30.3. The topological polar surface area (TPSA) is 68.7 Å². The maximum atomic E-state index is 12.8. The summed E-state index contributed by atoms with van der Waals surface area (Å²) in [5, 5.41) is 0. The first-order chi connectivity index (χ1) is 12.5. The summed E-state index contributed by atoms with van der Waals surface area (Å²) in [6.07, 6.45) is 3.82. The monoisotopic (exact) mass is 356 g/mol. The lowest BCUT2D eigenvalue weighted by Crippen LogP contribution is -2.38. The molecule has 0 saturated carbocycles. The Bertz CT molecular complexity index is 716. The first kappa shape index (κ1) is 19.4. The average molecular weight is 356 g/mol. The Morgan fingerprint density at radius 2 is 1.88 bits per heavy atom. The minimum Gasteiger partial charge on any atom is -0.497 e. The average Bonchev–Trinajstić information content (AvgIpc) is 2.70. The Hall–Kier alpha value is -2.89. The lowest BCUT2D eigenvalue weighted by Gasteiger charge is -2.25. The predicted octanol–water partition coefficient (Wildman–Crippen LogP) is 2.58. The van der Waals surface area contributed by atoms with Crippen molar-refractivity contribution in [3.05, 3.63) is 59.9 Å². The van der Waals surface area contributed by atoms with E-state index in [2.05, 4.69) is 4.98 Å². The molecule has 2 rings (SSSR count). The molecule has 1 aromatic heterocycles. The summed E-state index contributed by atoms with van der Waals surface area (Å²) in [6, 6.07) is 11.2. The zero-order chi connectivity index (χ0) is 18.9. The van der Waals surface area contributed by atoms with Crippen molar-refractivity contribution in [1.29, 1.82) is 0 Å². The van der Waals surface area contributed by atoms with E-state index in [-0.39, 0.29) is 18.4 Å². The maximum absolute atomic E-state index is 12.8. The number of carbonyl (C=O) groups excluding carboxylic acids is 2. The third-order valence-corrected chi connectivity index (χ3v) is 4.12. The summed E-state index contributed by atoms with van der Waals surface area (Å²) in [5.41, 5.74) is 1.58. The van der Waals surface area contributed by atoms with Crippen molar-refractivity contribution in [2.75, 3.05) is 27.3 Å². The third-order valence-electron chi connectivity index (χ3n) is 4.12. The molecular weight excluding hydrogens is 332 g/mol. The number of aromatic nitrogens is 1. The van der Waals surface area contributed by atoms with E-state index in [0.717, 1.165) is 11.3 Å². The zero-order valence-corrected chi connectivity index (χ0v) is 15.3. The molecule has 0 aliphatic heterocycles. The van der Waals surface area contributed by atoms with E-state index < -0.39 is 5.92 Å². The summed E-state index contributed by atoms with van der Waals surface area (Å²) in [6.45, 7) is 2.53. The fourth-order valence-corrected chi connectivity index (χ4v) is 2.61. The van der Waals surface area contributed by atoms with Gasteiger partial charge in [0.2, 0.25) is 0 Å². The van der Waals surface area contributed by atoms with E-state index in [0.29, 0.717) is 18.5 Å². The van der Waals surface area contributed by atoms with Crippen molar-refractivity contribution in [2.24, 2.45) is 5.92 Å². The van der Waals surface area contributed by atoms with Gasteiger partial charge in [-0.2, -0.15) is 0 Å². The molecule has 0 bridgehead atoms. The van der Waals surface area contributed by atoms with Gasteiger partial charge in [0.1, 0.15) is 5.75 Å². The second-order valence-corrected chi connectivity index (χ2v) is 6.02. The van der Waals surface area contributed by atoms with Gasteiger partial charge in [-0.15, -0.1) is 0 Å². The van der Waals surface area contributed by atoms with E-state index in [4.69, 9.17) is 9.47 Å². The number of rotatable bonds is 8. The van der Waals surface area contributed by atoms with Crippen LogP contribution in [0.15, 0.2) is 48.8 Å². The van der Waals surface area contributed by atoms with Crippen LogP contribution in [0.4, 0.5) is 0 Å². The molecule has 0 aliphatic rings. The van der Waals surface area contributed by atoms with Gasteiger partial charge in [-0.05, 0) is 36.2 Å². The van der Waals surface area contributed by atoms with Crippen molar-refractivity contribution >= 4 is 11.9 Å². The molecule has 26 heavy (non-hydrogen) atoms. The van der Waals surface area contributed by atoms with Crippen LogP contribution in [0, 0.1) is 5.92 Å². The number of pyridine rings is 1. The molecule has 6 nitrogen and oxygen atoms in total. The highest BCUT2D eigenvalue weighted by Crippen LogP contribution is 2.14. The summed E-state index contributed by atoms with van der Waals surface area (Å²) in [7, 11) is 2.97. The third kappa shape index (κ3) is 5.31. The van der Waals surface area contributed by atoms with Crippen LogP contribution in [-0.2, 0) is 16.0 Å². The molecule has 6 heteroatoms. The number of hydrogen-bond acceptors (Lipinski definition) is 5. The van der Waals surface area contributed by atoms with E-state index in [1.165, 1.54) is 13.3 Å². The van der Waals surface area contributed by atoms with Crippen LogP contribution < -0.4 is 4.74 Å². The first-order valence-corrected chi connectivity index (χ1v) is 8.45. The number of benzene rings is 1. The lowest BCUT2D eigenvalue weighted by molar-refractivity contribution is -0.145. The highest BCUT2D eigenvalue weighted by atomic mass is 16.5. The van der Waals surface area contributed by atoms with Crippen molar-refractivity contribution in [3.8, 4) is 5.75 Å². The molecule has 0 spiro atoms. The normalized spacial score (nSPS) is 11.5. The number of carbonyl (C=O) groups is 2. The quantitative estimate of drug-likeness (QED) is 0.680. The number of methoxy groups -OCH3 is 2. The fraction of sp³-hybridized carbons (Fsp3) is 0.350. The van der Waals surface area contributed by atoms with Gasteiger partial charge in [-0.25, -0.2) is 0 Å². The minimum atomic E-state index is -0.406.